The number of nitrogens with one attached hydrogen (secondary N) is 5. The van der Waals surface area contributed by atoms with E-state index in [1.54, 1.807) is 78.9 Å². The first-order valence-corrected chi connectivity index (χ1v) is 44.2. The van der Waals surface area contributed by atoms with Gasteiger partial charge in [-0.15, -0.1) is 0 Å². The van der Waals surface area contributed by atoms with E-state index in [0.717, 1.165) is 127 Å². The van der Waals surface area contributed by atoms with Crippen molar-refractivity contribution in [3.8, 4) is 33.4 Å². The Kier molecular flexibility index (Phi) is 50.9. The summed E-state index contributed by atoms with van der Waals surface area (Å²) >= 11 is 38.1. The first-order chi connectivity index (χ1) is 62.1. The quantitative estimate of drug-likeness (QED) is 0.0171. The number of aliphatic carboxylic acids is 1. The highest BCUT2D eigenvalue weighted by molar-refractivity contribution is 7.59. The SMILES string of the molecule is C.C.C.COC(=O)[C@H](CCC(=O)CN)NC(=O)c1c(Cl)cc(-c2ccccc2)cc1Cl.COC(=O)[C@H](CCC(=O)CNC(=O)c1cccc(CC2=NCCCC2)c1)NC(=O)c1c(Cl)cc(-c2ccccc2)cc1Cl.O=C(CC[C@H](NC(=O)c1c(Cl)cc(-c2ccccc2)cc1Cl)C(=O)O)CNC(=O)c1cccc(CC2=NCCCC2)c1.O=C(O)c1cccc(CC2=NCCCC2)c1.S.S. The number of hydrogen-bond acceptors (Lipinski definition) is 18. The van der Waals surface area contributed by atoms with E-state index < -0.39 is 65.6 Å². The molecule has 0 saturated heterocycles. The average molecular weight is 1990 g/mol. The lowest BCUT2D eigenvalue weighted by Crippen LogP contribution is -2.42. The monoisotopic (exact) mass is 1980 g/mol. The molecule has 134 heavy (non-hydrogen) atoms. The van der Waals surface area contributed by atoms with Gasteiger partial charge in [-0.1, -0.05) is 219 Å². The van der Waals surface area contributed by atoms with E-state index in [2.05, 4.69) is 41.6 Å². The van der Waals surface area contributed by atoms with Gasteiger partial charge in [-0.05, 0) is 200 Å². The molecule has 0 aromatic heterocycles. The van der Waals surface area contributed by atoms with Crippen molar-refractivity contribution in [2.45, 2.75) is 156 Å². The molecule has 0 radical (unpaired) electrons. The van der Waals surface area contributed by atoms with Crippen LogP contribution in [0.15, 0.2) is 215 Å². The summed E-state index contributed by atoms with van der Waals surface area (Å²) in [6.45, 7) is 1.98. The molecule has 9 aromatic rings. The summed E-state index contributed by atoms with van der Waals surface area (Å²) in [4.78, 5) is 161. The van der Waals surface area contributed by atoms with Crippen LogP contribution >= 0.6 is 96.6 Å². The van der Waals surface area contributed by atoms with Crippen molar-refractivity contribution in [3.05, 3.63) is 280 Å². The minimum atomic E-state index is -1.36. The number of carboxylic acid groups (broad SMARTS) is 2. The lowest BCUT2D eigenvalue weighted by molar-refractivity contribution is -0.144. The van der Waals surface area contributed by atoms with Crippen LogP contribution in [0.25, 0.3) is 33.4 Å². The second-order valence-electron chi connectivity index (χ2n) is 30.5. The second-order valence-corrected chi connectivity index (χ2v) is 32.9. The van der Waals surface area contributed by atoms with Gasteiger partial charge in [0.15, 0.2) is 11.6 Å². The molecule has 3 heterocycles. The molecule has 0 bridgehead atoms. The average Bonchev–Trinajstić information content (AvgIpc) is 0.813. The normalized spacial score (nSPS) is 12.8. The van der Waals surface area contributed by atoms with Gasteiger partial charge in [0.1, 0.15) is 23.9 Å². The minimum Gasteiger partial charge on any atom is -0.480 e. The molecule has 9 aromatic carbocycles. The Hall–Kier alpha value is -11.4. The highest BCUT2D eigenvalue weighted by Gasteiger charge is 2.30. The highest BCUT2D eigenvalue weighted by Crippen LogP contribution is 2.36. The van der Waals surface area contributed by atoms with Crippen LogP contribution < -0.4 is 32.3 Å². The molecule has 0 aliphatic carbocycles. The lowest BCUT2D eigenvalue weighted by Gasteiger charge is -2.18. The Morgan fingerprint density at radius 1 is 0.358 bits per heavy atom. The third kappa shape index (κ3) is 36.5. The van der Waals surface area contributed by atoms with Crippen LogP contribution in [0.5, 0.6) is 0 Å². The molecule has 33 heteroatoms. The number of halogens is 6. The Morgan fingerprint density at radius 2 is 0.642 bits per heavy atom. The number of nitrogens with zero attached hydrogens (tertiary/aromatic N) is 3. The molecular formula is C101H115Cl6N9O16S2. The van der Waals surface area contributed by atoms with Crippen LogP contribution in [0.1, 0.15) is 197 Å². The number of ether oxygens (including phenoxy) is 2. The summed E-state index contributed by atoms with van der Waals surface area (Å²) in [5, 5.41) is 31.9. The summed E-state index contributed by atoms with van der Waals surface area (Å²) in [5.41, 5.74) is 17.8. The van der Waals surface area contributed by atoms with Crippen molar-refractivity contribution in [2.24, 2.45) is 20.7 Å². The first kappa shape index (κ1) is 115. The highest BCUT2D eigenvalue weighted by atomic mass is 35.5. The molecule has 0 saturated carbocycles. The van der Waals surface area contributed by atoms with Crippen molar-refractivity contribution in [1.82, 2.24) is 26.6 Å². The molecule has 3 atom stereocenters. The number of ketones is 3. The molecular weight excluding hydrogens is 1870 g/mol. The Morgan fingerprint density at radius 3 is 0.918 bits per heavy atom. The maximum Gasteiger partial charge on any atom is 0.335 e. The maximum absolute atomic E-state index is 13.1. The summed E-state index contributed by atoms with van der Waals surface area (Å²) in [5.74, 6) is -7.35. The molecule has 5 amide bonds. The van der Waals surface area contributed by atoms with Gasteiger partial charge in [0, 0.05) is 86.4 Å². The number of carboxylic acids is 2. The number of aliphatic imine (C=N–C) groups is 3. The second kappa shape index (κ2) is 59.4. The predicted octanol–water partition coefficient (Wildman–Crippen LogP) is 19.6. The number of benzene rings is 9. The van der Waals surface area contributed by atoms with Crippen LogP contribution in [0.2, 0.25) is 30.1 Å². The fourth-order valence-electron chi connectivity index (χ4n) is 14.1. The van der Waals surface area contributed by atoms with Crippen molar-refractivity contribution in [1.29, 1.82) is 0 Å². The van der Waals surface area contributed by atoms with E-state index in [1.165, 1.54) is 32.8 Å². The summed E-state index contributed by atoms with van der Waals surface area (Å²) in [6, 6.07) is 55.9. The number of carbonyl (C=O) groups is 12. The molecule has 3 aliphatic rings. The van der Waals surface area contributed by atoms with Crippen LogP contribution in [0.4, 0.5) is 0 Å². The predicted molar refractivity (Wildman–Crippen MR) is 544 cm³/mol. The van der Waals surface area contributed by atoms with Gasteiger partial charge in [0.25, 0.3) is 29.5 Å². The first-order valence-electron chi connectivity index (χ1n) is 41.9. The van der Waals surface area contributed by atoms with Crippen LogP contribution in [-0.4, -0.2) is 170 Å². The number of Topliss-reactive ketones (excluding diaryl/α,β-unsaturated/α-hetero) is 3. The number of aromatic carboxylic acids is 1. The van der Waals surface area contributed by atoms with Crippen molar-refractivity contribution >= 4 is 184 Å². The largest absolute Gasteiger partial charge is 0.480 e. The third-order valence-corrected chi connectivity index (χ3v) is 22.8. The van der Waals surface area contributed by atoms with Crippen LogP contribution in [0, 0.1) is 0 Å². The topological polar surface area (TPSA) is 387 Å². The van der Waals surface area contributed by atoms with Gasteiger partial charge >= 0.3 is 23.9 Å². The zero-order valence-corrected chi connectivity index (χ0v) is 78.6. The van der Waals surface area contributed by atoms with Gasteiger partial charge < -0.3 is 52.0 Å². The summed E-state index contributed by atoms with van der Waals surface area (Å²) in [7, 11) is 2.38. The van der Waals surface area contributed by atoms with E-state index in [9.17, 15) is 62.6 Å². The molecule has 9 N–H and O–H groups in total. The fraction of sp³-hybridized carbons (Fsp3) is 0.317. The number of esters is 2. The minimum absolute atomic E-state index is 0. The molecule has 0 spiro atoms. The fourth-order valence-corrected chi connectivity index (χ4v) is 16.1. The summed E-state index contributed by atoms with van der Waals surface area (Å²) < 4.78 is 9.52. The van der Waals surface area contributed by atoms with Gasteiger partial charge in [0.05, 0.1) is 86.2 Å². The number of rotatable bonds is 35. The van der Waals surface area contributed by atoms with Gasteiger partial charge in [0.2, 0.25) is 0 Å². The Bertz CT molecular complexity index is 5570. The molecule has 25 nitrogen and oxygen atoms in total. The Labute approximate surface area is 826 Å². The molecule has 714 valence electrons. The number of amides is 5. The van der Waals surface area contributed by atoms with E-state index >= 15 is 0 Å². The molecule has 12 rings (SSSR count). The number of carbonyl (C=O) groups excluding carboxylic acids is 10. The van der Waals surface area contributed by atoms with Gasteiger partial charge in [-0.2, -0.15) is 27.0 Å². The van der Waals surface area contributed by atoms with E-state index in [1.807, 2.05) is 121 Å². The van der Waals surface area contributed by atoms with Gasteiger partial charge in [-0.3, -0.25) is 53.3 Å². The van der Waals surface area contributed by atoms with Crippen LogP contribution in [-0.2, 0) is 57.5 Å². The summed E-state index contributed by atoms with van der Waals surface area (Å²) in [6.07, 6.45) is 11.6. The number of nitrogens with two attached hydrogens (primary N) is 1. The Balaban J connectivity index is 0.000000387. The maximum atomic E-state index is 13.1. The smallest absolute Gasteiger partial charge is 0.335 e. The van der Waals surface area contributed by atoms with E-state index in [4.69, 9.17) is 89.9 Å². The number of hydrogen-bond donors (Lipinski definition) is 8. The van der Waals surface area contributed by atoms with Crippen LogP contribution in [0.3, 0.4) is 0 Å². The van der Waals surface area contributed by atoms with E-state index in [0.29, 0.717) is 35.1 Å². The van der Waals surface area contributed by atoms with Crippen molar-refractivity contribution in [3.63, 3.8) is 0 Å². The van der Waals surface area contributed by atoms with Crippen molar-refractivity contribution in [2.75, 3.05) is 53.5 Å². The molecule has 0 fully saturated rings. The lowest BCUT2D eigenvalue weighted by atomic mass is 10.00. The standard InChI is InChI=1S/C33H33Cl2N3O5.C32H31Cl2N3O5.C20H20Cl2N2O4.C13H15NO2.3CH4.2H2S/c1-43-33(42)29(38-32(41)30-27(34)18-24(19-28(30)35)22-9-3-2-4-10-22)14-13-26(39)20-37-31(40)23-11-7-8-21(16-23)17-25-12-5-6-15-36-25;33-26-17-23(21-8-2-1-3-9-21)18-27(34)29(26)31(40)37-28(32(41)42)13-12-25(38)19-36-30(39)22-10-6-7-20(15-22)16-24-11-4-5-14-35-24;1-28-20(27)17(8-7-14(25)11-23)24-19(26)18-15(21)9-13(10-16(18)22)12-5-3-2-4-6-12;15-13(16)11-5-3-4-10(8-11)9-12-6-1-2-7-14-12;;;;;/h2-4,7-11,16,18-19,29H,5-6,12-15,17,20H2,1H3,(H,37,40)(H,38,41);1-3,6-10,15,17-18,28H,4-5,11-14,16,19H2,(H,36,39)(H,37,40)(H,41,42);2-6,9-10,17H,7-8,11,23H2,1H3,(H,24,26);3-5,8H,1-2,6-7,9H2,(H,15,16);3*1H4;2*1H2/t29-;28-;17-;;;;;;/m000....../s1. The molecule has 0 unspecified atom stereocenters. The molecule has 3 aliphatic heterocycles. The zero-order chi connectivity index (χ0) is 92.9. The third-order valence-electron chi connectivity index (χ3n) is 21.0. The van der Waals surface area contributed by atoms with E-state index in [-0.39, 0.29) is 178 Å². The number of methoxy groups -OCH3 is 2. The van der Waals surface area contributed by atoms with Gasteiger partial charge in [-0.25, -0.2) is 19.2 Å². The zero-order valence-electron chi connectivity index (χ0n) is 72.1. The van der Waals surface area contributed by atoms with Crippen molar-refractivity contribution < 1.29 is 77.2 Å².